The molecule has 2 aliphatic rings. The van der Waals surface area contributed by atoms with Crippen molar-refractivity contribution in [2.45, 2.75) is 58.0 Å². The summed E-state index contributed by atoms with van der Waals surface area (Å²) < 4.78 is 13.9. The molecule has 1 saturated carbocycles. The van der Waals surface area contributed by atoms with Crippen LogP contribution in [0.1, 0.15) is 46.0 Å². The maximum atomic E-state index is 5.64. The van der Waals surface area contributed by atoms with Crippen LogP contribution in [-0.2, 0) is 8.85 Å². The molecule has 0 amide bonds. The van der Waals surface area contributed by atoms with Gasteiger partial charge in [0.25, 0.3) is 0 Å². The van der Waals surface area contributed by atoms with Crippen molar-refractivity contribution >= 4 is 9.45 Å². The van der Waals surface area contributed by atoms with Crippen molar-refractivity contribution in [3.8, 4) is 0 Å². The van der Waals surface area contributed by atoms with Crippen LogP contribution in [0.25, 0.3) is 0 Å². The smallest absolute Gasteiger partial charge is 0.388 e. The highest BCUT2D eigenvalue weighted by Crippen LogP contribution is 2.41. The van der Waals surface area contributed by atoms with E-state index in [1.165, 1.54) is 32.1 Å². The second kappa shape index (κ2) is 5.82. The standard InChI is InChI=1S/C13H27NO2Si/c1-10-9-11(2)14(17(15-3)16-4)13-8-6-5-7-12(10)13/h10-13,17H,5-9H2,1-4H3. The Morgan fingerprint density at radius 2 is 1.71 bits per heavy atom. The van der Waals surface area contributed by atoms with Crippen LogP contribution in [0.2, 0.25) is 0 Å². The number of hydrogen-bond acceptors (Lipinski definition) is 3. The lowest BCUT2D eigenvalue weighted by Gasteiger charge is -2.51. The highest BCUT2D eigenvalue weighted by molar-refractivity contribution is 6.41. The molecule has 100 valence electrons. The van der Waals surface area contributed by atoms with Crippen molar-refractivity contribution in [1.29, 1.82) is 0 Å². The molecule has 4 unspecified atom stereocenters. The minimum Gasteiger partial charge on any atom is -0.388 e. The van der Waals surface area contributed by atoms with Crippen LogP contribution in [0.15, 0.2) is 0 Å². The number of fused-ring (bicyclic) bond motifs is 1. The molecule has 0 aromatic rings. The van der Waals surface area contributed by atoms with Gasteiger partial charge in [-0.15, -0.1) is 0 Å². The molecule has 0 bridgehead atoms. The molecule has 0 aromatic heterocycles. The van der Waals surface area contributed by atoms with Gasteiger partial charge in [0.1, 0.15) is 0 Å². The Morgan fingerprint density at radius 1 is 1.06 bits per heavy atom. The van der Waals surface area contributed by atoms with E-state index in [4.69, 9.17) is 8.85 Å². The molecule has 0 aromatic carbocycles. The first kappa shape index (κ1) is 13.5. The van der Waals surface area contributed by atoms with Gasteiger partial charge in [-0.05, 0) is 38.0 Å². The van der Waals surface area contributed by atoms with Crippen LogP contribution in [0.3, 0.4) is 0 Å². The first-order chi connectivity index (χ1) is 8.19. The van der Waals surface area contributed by atoms with E-state index in [9.17, 15) is 0 Å². The van der Waals surface area contributed by atoms with Gasteiger partial charge < -0.3 is 8.85 Å². The zero-order valence-electron chi connectivity index (χ0n) is 11.7. The van der Waals surface area contributed by atoms with Crippen molar-refractivity contribution < 1.29 is 8.85 Å². The number of piperidine rings is 1. The molecule has 2 rings (SSSR count). The lowest BCUT2D eigenvalue weighted by Crippen LogP contribution is -2.61. The van der Waals surface area contributed by atoms with E-state index < -0.39 is 9.45 Å². The Hall–Kier alpha value is 0.0969. The molecular weight excluding hydrogens is 230 g/mol. The van der Waals surface area contributed by atoms with Gasteiger partial charge in [0.05, 0.1) is 0 Å². The summed E-state index contributed by atoms with van der Waals surface area (Å²) in [6.45, 7) is 4.78. The quantitative estimate of drug-likeness (QED) is 0.724. The average molecular weight is 257 g/mol. The third-order valence-electron chi connectivity index (χ3n) is 4.76. The summed E-state index contributed by atoms with van der Waals surface area (Å²) >= 11 is 0. The third kappa shape index (κ3) is 2.60. The summed E-state index contributed by atoms with van der Waals surface area (Å²) in [6, 6.07) is 1.35. The second-order valence-electron chi connectivity index (χ2n) is 5.80. The van der Waals surface area contributed by atoms with Gasteiger partial charge in [0.2, 0.25) is 0 Å². The molecule has 0 spiro atoms. The van der Waals surface area contributed by atoms with Crippen LogP contribution in [-0.4, -0.2) is 40.3 Å². The van der Waals surface area contributed by atoms with Gasteiger partial charge in [-0.1, -0.05) is 19.8 Å². The molecule has 3 nitrogen and oxygen atoms in total. The van der Waals surface area contributed by atoms with Crippen molar-refractivity contribution in [2.75, 3.05) is 14.2 Å². The minimum atomic E-state index is -1.62. The number of hydrogen-bond donors (Lipinski definition) is 0. The average Bonchev–Trinajstić information content (AvgIpc) is 2.34. The molecular formula is C13H27NO2Si. The Labute approximate surface area is 107 Å². The van der Waals surface area contributed by atoms with E-state index in [1.54, 1.807) is 0 Å². The summed E-state index contributed by atoms with van der Waals surface area (Å²) in [6.07, 6.45) is 6.85. The highest BCUT2D eigenvalue weighted by atomic mass is 28.3. The molecule has 4 atom stereocenters. The lowest BCUT2D eigenvalue weighted by atomic mass is 9.72. The molecule has 17 heavy (non-hydrogen) atoms. The Kier molecular flexibility index (Phi) is 4.63. The van der Waals surface area contributed by atoms with E-state index in [2.05, 4.69) is 18.4 Å². The van der Waals surface area contributed by atoms with E-state index >= 15 is 0 Å². The van der Waals surface area contributed by atoms with Gasteiger partial charge in [-0.25, -0.2) is 0 Å². The van der Waals surface area contributed by atoms with E-state index in [1.807, 2.05) is 14.2 Å². The van der Waals surface area contributed by atoms with Crippen molar-refractivity contribution in [3.63, 3.8) is 0 Å². The predicted octanol–water partition coefficient (Wildman–Crippen LogP) is 2.29. The molecule has 2 fully saturated rings. The molecule has 4 heteroatoms. The van der Waals surface area contributed by atoms with Gasteiger partial charge in [0, 0.05) is 26.3 Å². The summed E-state index contributed by atoms with van der Waals surface area (Å²) in [7, 11) is 2.00. The van der Waals surface area contributed by atoms with Crippen molar-refractivity contribution in [1.82, 2.24) is 4.57 Å². The predicted molar refractivity (Wildman–Crippen MR) is 72.0 cm³/mol. The van der Waals surface area contributed by atoms with Crippen LogP contribution in [0, 0.1) is 11.8 Å². The maximum absolute atomic E-state index is 5.64. The molecule has 1 aliphatic heterocycles. The largest absolute Gasteiger partial charge is 0.410 e. The maximum Gasteiger partial charge on any atom is 0.410 e. The number of rotatable bonds is 3. The van der Waals surface area contributed by atoms with E-state index in [-0.39, 0.29) is 0 Å². The fourth-order valence-electron chi connectivity index (χ4n) is 4.04. The van der Waals surface area contributed by atoms with E-state index in [0.717, 1.165) is 17.9 Å². The van der Waals surface area contributed by atoms with Gasteiger partial charge in [-0.2, -0.15) is 0 Å². The van der Waals surface area contributed by atoms with Crippen LogP contribution in [0.5, 0.6) is 0 Å². The molecule has 1 heterocycles. The Balaban J connectivity index is 2.16. The Morgan fingerprint density at radius 3 is 2.35 bits per heavy atom. The number of nitrogens with zero attached hydrogens (tertiary/aromatic N) is 1. The molecule has 1 aliphatic carbocycles. The van der Waals surface area contributed by atoms with Crippen LogP contribution < -0.4 is 0 Å². The van der Waals surface area contributed by atoms with Crippen molar-refractivity contribution in [3.05, 3.63) is 0 Å². The molecule has 0 N–H and O–H groups in total. The summed E-state index contributed by atoms with van der Waals surface area (Å²) in [5.74, 6) is 1.75. The second-order valence-corrected chi connectivity index (χ2v) is 7.96. The summed E-state index contributed by atoms with van der Waals surface area (Å²) in [4.78, 5) is 0. The zero-order valence-corrected chi connectivity index (χ0v) is 12.8. The molecule has 0 radical (unpaired) electrons. The zero-order chi connectivity index (χ0) is 12.4. The highest BCUT2D eigenvalue weighted by Gasteiger charge is 2.44. The normalized spacial score (nSPS) is 39.4. The first-order valence-electron chi connectivity index (χ1n) is 7.02. The summed E-state index contributed by atoms with van der Waals surface area (Å²) in [5, 5.41) is 0. The fraction of sp³-hybridized carbons (Fsp3) is 1.00. The van der Waals surface area contributed by atoms with Crippen molar-refractivity contribution in [2.24, 2.45) is 11.8 Å². The molecule has 1 saturated heterocycles. The van der Waals surface area contributed by atoms with Crippen LogP contribution in [0.4, 0.5) is 0 Å². The summed E-state index contributed by atoms with van der Waals surface area (Å²) in [5.41, 5.74) is 0. The lowest BCUT2D eigenvalue weighted by molar-refractivity contribution is 0.0141. The topological polar surface area (TPSA) is 21.7 Å². The van der Waals surface area contributed by atoms with Gasteiger partial charge in [0.15, 0.2) is 0 Å². The first-order valence-corrected chi connectivity index (χ1v) is 8.48. The van der Waals surface area contributed by atoms with Gasteiger partial charge in [-0.3, -0.25) is 4.57 Å². The minimum absolute atomic E-state index is 0.626. The monoisotopic (exact) mass is 257 g/mol. The fourth-order valence-corrected chi connectivity index (χ4v) is 5.94. The SMILES string of the molecule is CO[SiH](OC)N1C(C)CC(C)C2CCCCC21. The van der Waals surface area contributed by atoms with Crippen LogP contribution >= 0.6 is 0 Å². The third-order valence-corrected chi connectivity index (χ3v) is 6.95. The van der Waals surface area contributed by atoms with E-state index in [0.29, 0.717) is 6.04 Å². The Bertz CT molecular complexity index is 248. The van der Waals surface area contributed by atoms with Gasteiger partial charge >= 0.3 is 9.45 Å².